The summed E-state index contributed by atoms with van der Waals surface area (Å²) >= 11 is 6.07. The summed E-state index contributed by atoms with van der Waals surface area (Å²) in [5.41, 5.74) is 1.05. The molecule has 1 fully saturated rings. The molecule has 148 valence electrons. The van der Waals surface area contributed by atoms with Crippen LogP contribution in [-0.2, 0) is 4.79 Å². The van der Waals surface area contributed by atoms with Crippen LogP contribution < -0.4 is 14.8 Å². The van der Waals surface area contributed by atoms with Crippen LogP contribution >= 0.6 is 11.6 Å². The fourth-order valence-corrected chi connectivity index (χ4v) is 3.29. The fraction of sp³-hybridized carbons (Fsp3) is 0.333. The molecule has 1 aliphatic heterocycles. The van der Waals surface area contributed by atoms with E-state index in [-0.39, 0.29) is 18.4 Å². The van der Waals surface area contributed by atoms with Crippen LogP contribution in [0.3, 0.4) is 0 Å². The molecule has 0 saturated carbocycles. The molecule has 0 bridgehead atoms. The van der Waals surface area contributed by atoms with Crippen molar-refractivity contribution in [1.29, 1.82) is 0 Å². The quantitative estimate of drug-likeness (QED) is 0.793. The summed E-state index contributed by atoms with van der Waals surface area (Å²) in [5, 5.41) is 3.20. The van der Waals surface area contributed by atoms with E-state index >= 15 is 0 Å². The number of piperidine rings is 1. The maximum absolute atomic E-state index is 12.4. The molecule has 0 unspecified atom stereocenters. The number of nitrogens with one attached hydrogen (secondary N) is 1. The predicted octanol–water partition coefficient (Wildman–Crippen LogP) is 3.99. The first kappa shape index (κ1) is 20.0. The second kappa shape index (κ2) is 9.46. The molecule has 28 heavy (non-hydrogen) atoms. The highest BCUT2D eigenvalue weighted by atomic mass is 35.5. The SMILES string of the molecule is COc1ccc(NC(=O)c2ccc(OCC(=O)N3CCCCC3)cc2)cc1Cl. The zero-order valence-electron chi connectivity index (χ0n) is 15.7. The number of hydrogen-bond acceptors (Lipinski definition) is 4. The zero-order chi connectivity index (χ0) is 19.9. The summed E-state index contributed by atoms with van der Waals surface area (Å²) in [6.07, 6.45) is 3.28. The smallest absolute Gasteiger partial charge is 0.260 e. The first-order chi connectivity index (χ1) is 13.6. The third kappa shape index (κ3) is 5.16. The van der Waals surface area contributed by atoms with Gasteiger partial charge in [-0.25, -0.2) is 0 Å². The first-order valence-electron chi connectivity index (χ1n) is 9.22. The highest BCUT2D eigenvalue weighted by Gasteiger charge is 2.17. The number of likely N-dealkylation sites (tertiary alicyclic amines) is 1. The Bertz CT molecular complexity index is 833. The number of benzene rings is 2. The van der Waals surface area contributed by atoms with Crippen LogP contribution in [0.4, 0.5) is 5.69 Å². The van der Waals surface area contributed by atoms with Crippen molar-refractivity contribution in [3.63, 3.8) is 0 Å². The first-order valence-corrected chi connectivity index (χ1v) is 9.60. The van der Waals surface area contributed by atoms with Gasteiger partial charge in [0, 0.05) is 24.3 Å². The maximum Gasteiger partial charge on any atom is 0.260 e. The van der Waals surface area contributed by atoms with Crippen LogP contribution in [0.5, 0.6) is 11.5 Å². The van der Waals surface area contributed by atoms with Crippen LogP contribution in [0, 0.1) is 0 Å². The van der Waals surface area contributed by atoms with Gasteiger partial charge in [-0.2, -0.15) is 0 Å². The van der Waals surface area contributed by atoms with Crippen molar-refractivity contribution >= 4 is 29.1 Å². The van der Waals surface area contributed by atoms with Gasteiger partial charge >= 0.3 is 0 Å². The number of methoxy groups -OCH3 is 1. The number of carbonyl (C=O) groups is 2. The van der Waals surface area contributed by atoms with E-state index in [4.69, 9.17) is 21.1 Å². The normalized spacial score (nSPS) is 13.7. The molecule has 2 aromatic rings. The monoisotopic (exact) mass is 402 g/mol. The number of nitrogens with zero attached hydrogens (tertiary/aromatic N) is 1. The van der Waals surface area contributed by atoms with E-state index in [2.05, 4.69) is 5.32 Å². The van der Waals surface area contributed by atoms with Gasteiger partial charge in [0.05, 0.1) is 12.1 Å². The number of hydrogen-bond donors (Lipinski definition) is 1. The van der Waals surface area contributed by atoms with Gasteiger partial charge in [0.2, 0.25) is 0 Å². The summed E-state index contributed by atoms with van der Waals surface area (Å²) in [6, 6.07) is 11.7. The minimum Gasteiger partial charge on any atom is -0.495 e. The van der Waals surface area contributed by atoms with Crippen molar-refractivity contribution in [2.75, 3.05) is 32.1 Å². The molecule has 0 aliphatic carbocycles. The standard InChI is InChI=1S/C21H23ClN2O4/c1-27-19-10-7-16(13-18(19)22)23-21(26)15-5-8-17(9-6-15)28-14-20(25)24-11-3-2-4-12-24/h5-10,13H,2-4,11-12,14H2,1H3,(H,23,26). The Morgan fingerprint density at radius 3 is 2.43 bits per heavy atom. The number of ether oxygens (including phenoxy) is 2. The third-order valence-corrected chi connectivity index (χ3v) is 4.89. The van der Waals surface area contributed by atoms with E-state index in [1.165, 1.54) is 13.5 Å². The molecular formula is C21H23ClN2O4. The van der Waals surface area contributed by atoms with Crippen LogP contribution in [0.25, 0.3) is 0 Å². The summed E-state index contributed by atoms with van der Waals surface area (Å²) in [7, 11) is 1.53. The van der Waals surface area contributed by atoms with E-state index in [9.17, 15) is 9.59 Å². The van der Waals surface area contributed by atoms with Gasteiger partial charge in [0.1, 0.15) is 11.5 Å². The molecule has 1 N–H and O–H groups in total. The number of amides is 2. The van der Waals surface area contributed by atoms with Gasteiger partial charge < -0.3 is 19.7 Å². The van der Waals surface area contributed by atoms with Crippen LogP contribution in [0.1, 0.15) is 29.6 Å². The second-order valence-corrected chi connectivity index (χ2v) is 6.97. The van der Waals surface area contributed by atoms with E-state index in [0.29, 0.717) is 27.8 Å². The van der Waals surface area contributed by atoms with Crippen molar-refractivity contribution in [2.45, 2.75) is 19.3 Å². The summed E-state index contributed by atoms with van der Waals surface area (Å²) in [6.45, 7) is 1.61. The molecule has 0 radical (unpaired) electrons. The molecule has 6 nitrogen and oxygen atoms in total. The maximum atomic E-state index is 12.4. The minimum absolute atomic E-state index is 0.00194. The molecule has 2 amide bonds. The minimum atomic E-state index is -0.267. The van der Waals surface area contributed by atoms with Crippen molar-refractivity contribution in [3.8, 4) is 11.5 Å². The van der Waals surface area contributed by atoms with E-state index in [1.54, 1.807) is 42.5 Å². The van der Waals surface area contributed by atoms with Gasteiger partial charge in [-0.15, -0.1) is 0 Å². The highest BCUT2D eigenvalue weighted by Crippen LogP contribution is 2.27. The zero-order valence-corrected chi connectivity index (χ0v) is 16.5. The van der Waals surface area contributed by atoms with Gasteiger partial charge in [-0.1, -0.05) is 11.6 Å². The van der Waals surface area contributed by atoms with Gasteiger partial charge in [0.25, 0.3) is 11.8 Å². The third-order valence-electron chi connectivity index (χ3n) is 4.60. The van der Waals surface area contributed by atoms with Crippen LogP contribution in [0.15, 0.2) is 42.5 Å². The molecular weight excluding hydrogens is 380 g/mol. The second-order valence-electron chi connectivity index (χ2n) is 6.56. The Balaban J connectivity index is 1.53. The number of halogens is 1. The average Bonchev–Trinajstić information content (AvgIpc) is 2.73. The molecule has 2 aromatic carbocycles. The molecule has 3 rings (SSSR count). The molecule has 1 aliphatic rings. The number of carbonyl (C=O) groups excluding carboxylic acids is 2. The molecule has 0 spiro atoms. The van der Waals surface area contributed by atoms with Crippen molar-refractivity contribution in [1.82, 2.24) is 4.90 Å². The largest absolute Gasteiger partial charge is 0.495 e. The summed E-state index contributed by atoms with van der Waals surface area (Å²) in [4.78, 5) is 26.4. The fourth-order valence-electron chi connectivity index (χ4n) is 3.03. The summed E-state index contributed by atoms with van der Waals surface area (Å²) in [5.74, 6) is 0.824. The summed E-state index contributed by atoms with van der Waals surface area (Å²) < 4.78 is 10.7. The Morgan fingerprint density at radius 1 is 1.07 bits per heavy atom. The lowest BCUT2D eigenvalue weighted by atomic mass is 10.1. The lowest BCUT2D eigenvalue weighted by molar-refractivity contribution is -0.134. The average molecular weight is 403 g/mol. The Kier molecular flexibility index (Phi) is 6.76. The molecule has 1 saturated heterocycles. The van der Waals surface area contributed by atoms with Gasteiger partial charge in [-0.05, 0) is 61.7 Å². The number of anilines is 1. The van der Waals surface area contributed by atoms with E-state index in [1.807, 2.05) is 4.90 Å². The van der Waals surface area contributed by atoms with Crippen LogP contribution in [0.2, 0.25) is 5.02 Å². The number of rotatable bonds is 6. The topological polar surface area (TPSA) is 67.9 Å². The van der Waals surface area contributed by atoms with Gasteiger partial charge in [-0.3, -0.25) is 9.59 Å². The van der Waals surface area contributed by atoms with E-state index in [0.717, 1.165) is 25.9 Å². The van der Waals surface area contributed by atoms with Crippen molar-refractivity contribution in [3.05, 3.63) is 53.1 Å². The van der Waals surface area contributed by atoms with Crippen LogP contribution in [-0.4, -0.2) is 43.5 Å². The predicted molar refractivity (Wildman–Crippen MR) is 108 cm³/mol. The molecule has 0 aromatic heterocycles. The highest BCUT2D eigenvalue weighted by molar-refractivity contribution is 6.32. The lowest BCUT2D eigenvalue weighted by Gasteiger charge is -2.26. The van der Waals surface area contributed by atoms with Crippen molar-refractivity contribution < 1.29 is 19.1 Å². The molecule has 7 heteroatoms. The molecule has 0 atom stereocenters. The Morgan fingerprint density at radius 2 is 1.79 bits per heavy atom. The Hall–Kier alpha value is -2.73. The molecule has 1 heterocycles. The van der Waals surface area contributed by atoms with Gasteiger partial charge in [0.15, 0.2) is 6.61 Å². The lowest BCUT2D eigenvalue weighted by Crippen LogP contribution is -2.38. The van der Waals surface area contributed by atoms with Crippen molar-refractivity contribution in [2.24, 2.45) is 0 Å². The Labute approximate surface area is 169 Å². The van der Waals surface area contributed by atoms with E-state index < -0.39 is 0 Å².